The monoisotopic (exact) mass is 897 g/mol. The number of benzene rings is 5. The van der Waals surface area contributed by atoms with Crippen LogP contribution in [0.5, 0.6) is 17.2 Å². The van der Waals surface area contributed by atoms with Crippen molar-refractivity contribution in [2.75, 3.05) is 25.2 Å². The van der Waals surface area contributed by atoms with Crippen LogP contribution in [-0.4, -0.2) is 69.0 Å². The Morgan fingerprint density at radius 2 is 1.45 bits per heavy atom. The first-order valence-corrected chi connectivity index (χ1v) is 18.0. The van der Waals surface area contributed by atoms with Crippen molar-refractivity contribution < 1.29 is 189 Å². The molecule has 0 aliphatic rings. The van der Waals surface area contributed by atoms with E-state index in [-0.39, 0.29) is 185 Å². The summed E-state index contributed by atoms with van der Waals surface area (Å²) in [5.41, 5.74) is 0.215. The third-order valence-electron chi connectivity index (χ3n) is 6.72. The zero-order valence-corrected chi connectivity index (χ0v) is 41.4. The van der Waals surface area contributed by atoms with Crippen LogP contribution in [0.25, 0.3) is 21.5 Å². The molecule has 0 saturated heterocycles. The van der Waals surface area contributed by atoms with Gasteiger partial charge in [-0.25, -0.2) is 25.3 Å². The largest absolute Gasteiger partial charge is 1.00 e. The number of nitrogens with one attached hydrogen (secondary N) is 1. The number of fused-ring (bicyclic) bond motifs is 2. The van der Waals surface area contributed by atoms with Crippen LogP contribution in [0, 0.1) is 19.1 Å². The van der Waals surface area contributed by atoms with Gasteiger partial charge in [0, 0.05) is 58.3 Å². The summed E-state index contributed by atoms with van der Waals surface area (Å²) in [5.74, 6) is -1.40. The second-order valence-electron chi connectivity index (χ2n) is 9.80. The van der Waals surface area contributed by atoms with Crippen LogP contribution in [0.15, 0.2) is 90.9 Å². The van der Waals surface area contributed by atoms with Gasteiger partial charge in [0.25, 0.3) is 0 Å². The summed E-state index contributed by atoms with van der Waals surface area (Å²) in [6.45, 7) is 3.39. The number of hydrogen-bond donors (Lipinski definition) is 4. The molecule has 17 nitrogen and oxygen atoms in total. The number of methoxy groups -OCH3 is 1. The van der Waals surface area contributed by atoms with E-state index in [1.54, 1.807) is 37.4 Å². The van der Waals surface area contributed by atoms with Crippen molar-refractivity contribution in [1.29, 1.82) is 0 Å². The molecule has 0 amide bonds. The van der Waals surface area contributed by atoms with E-state index in [1.165, 1.54) is 31.4 Å². The molecule has 0 fully saturated rings. The molecule has 0 spiro atoms. The van der Waals surface area contributed by atoms with Gasteiger partial charge in [-0.05, 0) is 6.07 Å². The Kier molecular flexibility index (Phi) is 24.3. The summed E-state index contributed by atoms with van der Waals surface area (Å²) in [4.78, 5) is -0.804. The molecule has 4 N–H and O–H groups in total. The predicted octanol–water partition coefficient (Wildman–Crippen LogP) is -6.58. The Balaban J connectivity index is 0. The third-order valence-corrected chi connectivity index (χ3v) is 9.18. The molecule has 0 unspecified atom stereocenters. The van der Waals surface area contributed by atoms with Crippen LogP contribution in [-0.2, 0) is 47.4 Å². The second-order valence-corrected chi connectivity index (χ2v) is 14.0. The quantitative estimate of drug-likeness (QED) is 0.0353. The topological polar surface area (TPSA) is 280 Å². The van der Waals surface area contributed by atoms with E-state index < -0.39 is 46.8 Å². The maximum absolute atomic E-state index is 12.3. The van der Waals surface area contributed by atoms with Crippen molar-refractivity contribution in [3.05, 3.63) is 79.7 Å². The molecule has 5 aromatic carbocycles. The van der Waals surface area contributed by atoms with E-state index in [0.29, 0.717) is 16.5 Å². The minimum Gasteiger partial charge on any atom is -0.745 e. The van der Waals surface area contributed by atoms with Crippen LogP contribution in [0.1, 0.15) is 0 Å². The minimum atomic E-state index is -4.95. The molecule has 0 atom stereocenters. The fourth-order valence-corrected chi connectivity index (χ4v) is 6.30. The number of aromatic hydroxyl groups is 2. The molecule has 0 heterocycles. The molecule has 0 aliphatic carbocycles. The fraction of sp³-hybridized carbons (Fsp3) is 0.100. The van der Waals surface area contributed by atoms with Crippen molar-refractivity contribution in [2.45, 2.75) is 9.79 Å². The van der Waals surface area contributed by atoms with Crippen molar-refractivity contribution in [2.24, 2.45) is 20.5 Å². The van der Waals surface area contributed by atoms with Crippen molar-refractivity contribution in [3.8, 4) is 17.2 Å². The summed E-state index contributed by atoms with van der Waals surface area (Å²) in [6.07, 6.45) is 0. The van der Waals surface area contributed by atoms with Crippen LogP contribution in [0.2, 0.25) is 0 Å². The fourth-order valence-electron chi connectivity index (χ4n) is 4.52. The molecular formula is C30H24CuN5Na4O12S3-. The van der Waals surface area contributed by atoms with Gasteiger partial charge < -0.3 is 36.3 Å². The van der Waals surface area contributed by atoms with E-state index in [0.717, 1.165) is 6.07 Å². The Hall–Kier alpha value is -0.731. The first-order chi connectivity index (χ1) is 23.4. The van der Waals surface area contributed by atoms with Gasteiger partial charge in [0.2, 0.25) is 10.4 Å². The van der Waals surface area contributed by atoms with E-state index >= 15 is 0 Å². The van der Waals surface area contributed by atoms with Gasteiger partial charge in [-0.15, -0.1) is 40.8 Å². The number of phenols is 2. The molecule has 0 bridgehead atoms. The standard InChI is InChI=1S/C30H24N5O8S2.Cu.4Na.H2O4S/c1-4-44(38,39)27-16-25(36)24(15-26(27)43-3)34-32-22-14-10-19-20(29(22)37)11-13-21(31-2)28(19)35-33-23-12-9-17-7-5-6-8-18(17)30(23)45(40,41)42;;;;;;1-5(2,3)4/h5-6,8-13,15-16,31,36-37H,1,4H2,2-3H3,(H,40,41,42);;;;;;(H2,1,2,3,4)/q-3;;4*+1;/p-2. The predicted molar refractivity (Wildman–Crippen MR) is 177 cm³/mol. The maximum atomic E-state index is 12.3. The van der Waals surface area contributed by atoms with Crippen molar-refractivity contribution in [1.82, 2.24) is 0 Å². The number of sulfone groups is 1. The number of azo groups is 2. The summed E-state index contributed by atoms with van der Waals surface area (Å²) in [6, 6.07) is 20.0. The Morgan fingerprint density at radius 1 is 0.836 bits per heavy atom. The zero-order chi connectivity index (χ0) is 37.0. The summed E-state index contributed by atoms with van der Waals surface area (Å²) in [5, 5.41) is 41.8. The van der Waals surface area contributed by atoms with Gasteiger partial charge in [0.1, 0.15) is 32.2 Å². The molecule has 5 rings (SSSR count). The molecule has 1 radical (unpaired) electrons. The molecule has 55 heavy (non-hydrogen) atoms. The SMILES string of the molecule is O=S(=O)([O-])O.[CH2-]CS(=O)(=O)c1cc(O)c(N=Nc2[c-]cc3c(N=Nc4ccc5[c-]cccc5c4S(=O)(=O)[O-])c(NC)ccc3c2O)cc1OC.[Cu].[Na+].[Na+].[Na+].[Na+]. The zero-order valence-electron chi connectivity index (χ0n) is 30.0. The number of nitrogens with zero attached hydrogens (tertiary/aromatic N) is 4. The van der Waals surface area contributed by atoms with Crippen LogP contribution < -0.4 is 128 Å². The number of rotatable bonds is 9. The molecule has 0 saturated carbocycles. The molecule has 5 aromatic rings. The first-order valence-electron chi connectivity index (χ1n) is 13.6. The van der Waals surface area contributed by atoms with Crippen molar-refractivity contribution >= 4 is 80.3 Å². The molecule has 25 heteroatoms. The third kappa shape index (κ3) is 14.5. The van der Waals surface area contributed by atoms with Crippen LogP contribution in [0.4, 0.5) is 28.4 Å². The maximum Gasteiger partial charge on any atom is 1.00 e. The smallest absolute Gasteiger partial charge is 0.745 e. The van der Waals surface area contributed by atoms with Crippen molar-refractivity contribution in [3.63, 3.8) is 0 Å². The second kappa shape index (κ2) is 23.8. The molecule has 0 aromatic heterocycles. The average molecular weight is 898 g/mol. The molecule has 275 valence electrons. The van der Waals surface area contributed by atoms with E-state index in [2.05, 4.69) is 44.8 Å². The van der Waals surface area contributed by atoms with E-state index in [4.69, 9.17) is 22.3 Å². The number of phenolic OH excluding ortho intramolecular Hbond substituents is 2. The summed E-state index contributed by atoms with van der Waals surface area (Å²) in [7, 11) is -10.8. The number of anilines is 1. The number of ether oxygens (including phenoxy) is 1. The van der Waals surface area contributed by atoms with Crippen LogP contribution >= 0.6 is 0 Å². The average Bonchev–Trinajstić information content (AvgIpc) is 3.05. The molecule has 0 aliphatic heterocycles. The Labute approximate surface area is 416 Å². The van der Waals surface area contributed by atoms with E-state index in [9.17, 15) is 31.6 Å². The first kappa shape index (κ1) is 56.4. The minimum absolute atomic E-state index is 0. The van der Waals surface area contributed by atoms with Gasteiger partial charge in [0.15, 0.2) is 9.84 Å². The normalized spacial score (nSPS) is 11.2. The van der Waals surface area contributed by atoms with Gasteiger partial charge in [-0.3, -0.25) is 4.55 Å². The summed E-state index contributed by atoms with van der Waals surface area (Å²) < 4.78 is 99.2. The van der Waals surface area contributed by atoms with E-state index in [1.807, 2.05) is 0 Å². The van der Waals surface area contributed by atoms with Gasteiger partial charge >= 0.3 is 118 Å². The molecular weight excluding hydrogens is 874 g/mol. The summed E-state index contributed by atoms with van der Waals surface area (Å²) >= 11 is 0. The van der Waals surface area contributed by atoms with Gasteiger partial charge in [-0.2, -0.15) is 27.5 Å². The van der Waals surface area contributed by atoms with Gasteiger partial charge in [0.05, 0.1) is 18.5 Å². The van der Waals surface area contributed by atoms with Gasteiger partial charge in [-0.1, -0.05) is 34.0 Å². The Morgan fingerprint density at radius 3 is 2.02 bits per heavy atom. The van der Waals surface area contributed by atoms with Crippen LogP contribution in [0.3, 0.4) is 0 Å². The number of hydrogen-bond acceptors (Lipinski definition) is 16. The Bertz CT molecular complexity index is 2530.